The zero-order chi connectivity index (χ0) is 11.3. The summed E-state index contributed by atoms with van der Waals surface area (Å²) in [5.41, 5.74) is 0.441. The van der Waals surface area contributed by atoms with Crippen LogP contribution in [0.1, 0.15) is 23.7 Å². The molecule has 0 saturated heterocycles. The van der Waals surface area contributed by atoms with Gasteiger partial charge in [0.2, 0.25) is 0 Å². The molecule has 0 heterocycles. The molecule has 0 amide bonds. The van der Waals surface area contributed by atoms with Crippen LogP contribution in [0.15, 0.2) is 18.2 Å². The number of hydrogen-bond donors (Lipinski definition) is 1. The molecule has 0 aliphatic heterocycles. The number of ketones is 1. The average molecular weight is 273 g/mol. The Balaban J connectivity index is 3.00. The maximum absolute atomic E-state index is 11.7. The molecular formula is C11H13BrO3. The van der Waals surface area contributed by atoms with E-state index in [1.807, 2.05) is 6.92 Å². The van der Waals surface area contributed by atoms with E-state index in [0.29, 0.717) is 29.7 Å². The minimum absolute atomic E-state index is 0.0359. The van der Waals surface area contributed by atoms with Crippen molar-refractivity contribution in [3.05, 3.63) is 23.8 Å². The minimum Gasteiger partial charge on any atom is -0.508 e. The highest BCUT2D eigenvalue weighted by Crippen LogP contribution is 2.25. The minimum atomic E-state index is -0.0359. The van der Waals surface area contributed by atoms with Gasteiger partial charge < -0.3 is 9.84 Å². The number of Topliss-reactive ketones (excluding diaryl/α,β-unsaturated/α-hetero) is 1. The van der Waals surface area contributed by atoms with Crippen molar-refractivity contribution >= 4 is 21.7 Å². The van der Waals surface area contributed by atoms with Crippen LogP contribution in [0.3, 0.4) is 0 Å². The molecule has 1 N–H and O–H groups in total. The number of phenolic OH excluding ortho intramolecular Hbond substituents is 1. The average Bonchev–Trinajstić information content (AvgIpc) is 2.21. The van der Waals surface area contributed by atoms with E-state index in [1.54, 1.807) is 6.07 Å². The van der Waals surface area contributed by atoms with E-state index in [1.165, 1.54) is 12.1 Å². The van der Waals surface area contributed by atoms with E-state index in [9.17, 15) is 9.90 Å². The number of ether oxygens (including phenoxy) is 1. The summed E-state index contributed by atoms with van der Waals surface area (Å²) in [4.78, 5) is 11.7. The van der Waals surface area contributed by atoms with Crippen molar-refractivity contribution in [2.24, 2.45) is 0 Å². The van der Waals surface area contributed by atoms with Gasteiger partial charge in [0.15, 0.2) is 5.78 Å². The van der Waals surface area contributed by atoms with E-state index >= 15 is 0 Å². The Morgan fingerprint density at radius 3 is 2.87 bits per heavy atom. The number of hydrogen-bond acceptors (Lipinski definition) is 3. The third kappa shape index (κ3) is 3.23. The first-order valence-electron chi connectivity index (χ1n) is 4.74. The largest absolute Gasteiger partial charge is 0.508 e. The summed E-state index contributed by atoms with van der Waals surface area (Å²) in [5.74, 6) is 0.573. The first-order chi connectivity index (χ1) is 7.19. The molecule has 0 atom stereocenters. The smallest absolute Gasteiger partial charge is 0.167 e. The van der Waals surface area contributed by atoms with Crippen LogP contribution in [-0.2, 0) is 0 Å². The van der Waals surface area contributed by atoms with E-state index in [2.05, 4.69) is 15.9 Å². The van der Waals surface area contributed by atoms with Crippen molar-refractivity contribution < 1.29 is 14.6 Å². The number of carbonyl (C=O) groups excluding carboxylic acids is 1. The number of carbonyl (C=O) groups is 1. The number of halogens is 1. The van der Waals surface area contributed by atoms with Gasteiger partial charge in [0.1, 0.15) is 11.5 Å². The third-order valence-corrected chi connectivity index (χ3v) is 2.28. The zero-order valence-electron chi connectivity index (χ0n) is 8.50. The Labute approximate surface area is 97.2 Å². The first kappa shape index (κ1) is 12.0. The Kier molecular flexibility index (Phi) is 4.62. The fourth-order valence-electron chi connectivity index (χ4n) is 1.24. The molecule has 3 nitrogen and oxygen atoms in total. The Bertz CT molecular complexity index is 350. The van der Waals surface area contributed by atoms with Gasteiger partial charge in [0.25, 0.3) is 0 Å². The second-order valence-electron chi connectivity index (χ2n) is 2.98. The summed E-state index contributed by atoms with van der Waals surface area (Å²) < 4.78 is 5.31. The Morgan fingerprint density at radius 2 is 2.27 bits per heavy atom. The lowest BCUT2D eigenvalue weighted by Crippen LogP contribution is -2.04. The molecule has 0 radical (unpaired) electrons. The van der Waals surface area contributed by atoms with Crippen LogP contribution in [-0.4, -0.2) is 22.8 Å². The molecule has 0 aromatic heterocycles. The van der Waals surface area contributed by atoms with Gasteiger partial charge in [-0.25, -0.2) is 0 Å². The van der Waals surface area contributed by atoms with Crippen molar-refractivity contribution in [3.8, 4) is 11.5 Å². The molecule has 0 bridgehead atoms. The predicted molar refractivity (Wildman–Crippen MR) is 62.0 cm³/mol. The summed E-state index contributed by atoms with van der Waals surface area (Å²) in [7, 11) is 0. The quantitative estimate of drug-likeness (QED) is 0.662. The maximum atomic E-state index is 11.7. The molecule has 82 valence electrons. The van der Waals surface area contributed by atoms with E-state index < -0.39 is 0 Å². The lowest BCUT2D eigenvalue weighted by molar-refractivity contribution is 0.0986. The van der Waals surface area contributed by atoms with Crippen LogP contribution in [0.25, 0.3) is 0 Å². The molecule has 1 rings (SSSR count). The van der Waals surface area contributed by atoms with Crippen LogP contribution >= 0.6 is 15.9 Å². The molecular weight excluding hydrogens is 260 g/mol. The standard InChI is InChI=1S/C11H13BrO3/c1-2-15-11-4-3-8(13)7-9(11)10(14)5-6-12/h3-4,7,13H,2,5-6H2,1H3. The van der Waals surface area contributed by atoms with Gasteiger partial charge in [-0.15, -0.1) is 0 Å². The van der Waals surface area contributed by atoms with Gasteiger partial charge in [-0.05, 0) is 25.1 Å². The topological polar surface area (TPSA) is 46.5 Å². The predicted octanol–water partition coefficient (Wildman–Crippen LogP) is 2.76. The number of aromatic hydroxyl groups is 1. The zero-order valence-corrected chi connectivity index (χ0v) is 10.1. The van der Waals surface area contributed by atoms with Gasteiger partial charge in [-0.2, -0.15) is 0 Å². The van der Waals surface area contributed by atoms with E-state index in [-0.39, 0.29) is 11.5 Å². The van der Waals surface area contributed by atoms with Gasteiger partial charge in [0, 0.05) is 11.8 Å². The summed E-state index contributed by atoms with van der Waals surface area (Å²) >= 11 is 3.21. The lowest BCUT2D eigenvalue weighted by Gasteiger charge is -2.08. The normalized spacial score (nSPS) is 10.0. The number of benzene rings is 1. The number of rotatable bonds is 5. The van der Waals surface area contributed by atoms with Crippen LogP contribution in [0.4, 0.5) is 0 Å². The molecule has 0 fully saturated rings. The van der Waals surface area contributed by atoms with Crippen LogP contribution in [0.2, 0.25) is 0 Å². The van der Waals surface area contributed by atoms with Gasteiger partial charge in [-0.3, -0.25) is 4.79 Å². The Morgan fingerprint density at radius 1 is 1.53 bits per heavy atom. The molecule has 0 aliphatic carbocycles. The molecule has 0 saturated carbocycles. The fraction of sp³-hybridized carbons (Fsp3) is 0.364. The Hall–Kier alpha value is -1.03. The number of phenols is 1. The molecule has 0 aliphatic rings. The molecule has 0 unspecified atom stereocenters. The molecule has 0 spiro atoms. The van der Waals surface area contributed by atoms with Crippen molar-refractivity contribution in [1.29, 1.82) is 0 Å². The molecule has 1 aromatic carbocycles. The van der Waals surface area contributed by atoms with Crippen LogP contribution in [0, 0.1) is 0 Å². The van der Waals surface area contributed by atoms with E-state index in [4.69, 9.17) is 4.74 Å². The van der Waals surface area contributed by atoms with Crippen molar-refractivity contribution in [2.75, 3.05) is 11.9 Å². The molecule has 1 aromatic rings. The molecule has 4 heteroatoms. The second kappa shape index (κ2) is 5.75. The van der Waals surface area contributed by atoms with Crippen LogP contribution < -0.4 is 4.74 Å². The monoisotopic (exact) mass is 272 g/mol. The lowest BCUT2D eigenvalue weighted by atomic mass is 10.1. The number of alkyl halides is 1. The highest BCUT2D eigenvalue weighted by Gasteiger charge is 2.12. The summed E-state index contributed by atoms with van der Waals surface area (Å²) in [6, 6.07) is 4.56. The van der Waals surface area contributed by atoms with Crippen molar-refractivity contribution in [3.63, 3.8) is 0 Å². The first-order valence-corrected chi connectivity index (χ1v) is 5.86. The summed E-state index contributed by atoms with van der Waals surface area (Å²) in [6.07, 6.45) is 0.392. The van der Waals surface area contributed by atoms with Gasteiger partial charge in [-0.1, -0.05) is 15.9 Å². The van der Waals surface area contributed by atoms with Gasteiger partial charge >= 0.3 is 0 Å². The SMILES string of the molecule is CCOc1ccc(O)cc1C(=O)CCBr. The summed E-state index contributed by atoms with van der Waals surface area (Å²) in [5, 5.41) is 9.91. The van der Waals surface area contributed by atoms with E-state index in [0.717, 1.165) is 0 Å². The maximum Gasteiger partial charge on any atom is 0.167 e. The summed E-state index contributed by atoms with van der Waals surface area (Å²) in [6.45, 7) is 2.35. The molecule has 15 heavy (non-hydrogen) atoms. The second-order valence-corrected chi connectivity index (χ2v) is 3.77. The highest BCUT2D eigenvalue weighted by molar-refractivity contribution is 9.09. The highest BCUT2D eigenvalue weighted by atomic mass is 79.9. The van der Waals surface area contributed by atoms with Crippen molar-refractivity contribution in [2.45, 2.75) is 13.3 Å². The fourth-order valence-corrected chi connectivity index (χ4v) is 1.60. The third-order valence-electron chi connectivity index (χ3n) is 1.88. The van der Waals surface area contributed by atoms with Crippen LogP contribution in [0.5, 0.6) is 11.5 Å². The van der Waals surface area contributed by atoms with Crippen molar-refractivity contribution in [1.82, 2.24) is 0 Å². The van der Waals surface area contributed by atoms with Gasteiger partial charge in [0.05, 0.1) is 12.2 Å².